The van der Waals surface area contributed by atoms with Gasteiger partial charge in [-0.15, -0.1) is 0 Å². The first kappa shape index (κ1) is 13.1. The highest BCUT2D eigenvalue weighted by atomic mass is 16.3. The zero-order valence-electron chi connectivity index (χ0n) is 11.0. The monoisotopic (exact) mass is 256 g/mol. The van der Waals surface area contributed by atoms with Crippen LogP contribution in [-0.4, -0.2) is 10.9 Å². The molecule has 1 N–H and O–H groups in total. The smallest absolute Gasteiger partial charge is 0.244 e. The summed E-state index contributed by atoms with van der Waals surface area (Å²) in [6, 6.07) is 9.17. The van der Waals surface area contributed by atoms with Crippen molar-refractivity contribution in [3.8, 4) is 0 Å². The summed E-state index contributed by atoms with van der Waals surface area (Å²) < 4.78 is 5.34. The first-order valence-corrected chi connectivity index (χ1v) is 6.11. The van der Waals surface area contributed by atoms with Gasteiger partial charge in [0, 0.05) is 12.3 Å². The third-order valence-electron chi connectivity index (χ3n) is 2.65. The molecular weight excluding hydrogens is 240 g/mol. The summed E-state index contributed by atoms with van der Waals surface area (Å²) in [5.41, 5.74) is 0.832. The zero-order valence-corrected chi connectivity index (χ0v) is 11.0. The fourth-order valence-corrected chi connectivity index (χ4v) is 1.67. The summed E-state index contributed by atoms with van der Waals surface area (Å²) in [7, 11) is 0. The van der Waals surface area contributed by atoms with Crippen LogP contribution in [0.4, 0.5) is 0 Å². The summed E-state index contributed by atoms with van der Waals surface area (Å²) >= 11 is 0. The molecule has 0 aliphatic heterocycles. The number of hydrogen-bond acceptors (Lipinski definition) is 3. The molecule has 2 aromatic heterocycles. The number of nitrogens with one attached hydrogen (secondary N) is 1. The average molecular weight is 256 g/mol. The molecule has 2 aromatic rings. The van der Waals surface area contributed by atoms with Crippen molar-refractivity contribution in [2.45, 2.75) is 19.9 Å². The number of rotatable bonds is 4. The van der Waals surface area contributed by atoms with Gasteiger partial charge in [-0.25, -0.2) is 0 Å². The van der Waals surface area contributed by atoms with Gasteiger partial charge in [0.15, 0.2) is 0 Å². The first-order chi connectivity index (χ1) is 9.15. The maximum absolute atomic E-state index is 11.7. The van der Waals surface area contributed by atoms with Crippen LogP contribution in [0.15, 0.2) is 47.0 Å². The van der Waals surface area contributed by atoms with Gasteiger partial charge in [-0.05, 0) is 44.2 Å². The number of carbonyl (C=O) groups is 1. The van der Waals surface area contributed by atoms with Crippen molar-refractivity contribution in [1.29, 1.82) is 0 Å². The van der Waals surface area contributed by atoms with Gasteiger partial charge in [-0.3, -0.25) is 9.78 Å². The van der Waals surface area contributed by atoms with Crippen LogP contribution >= 0.6 is 0 Å². The van der Waals surface area contributed by atoms with Crippen LogP contribution in [0.1, 0.15) is 30.2 Å². The highest BCUT2D eigenvalue weighted by molar-refractivity contribution is 5.91. The molecule has 0 spiro atoms. The van der Waals surface area contributed by atoms with Crippen molar-refractivity contribution < 1.29 is 9.21 Å². The lowest BCUT2D eigenvalue weighted by molar-refractivity contribution is -0.117. The van der Waals surface area contributed by atoms with E-state index in [9.17, 15) is 4.79 Å². The minimum absolute atomic E-state index is 0.128. The standard InChI is InChI=1S/C15H16N2O2/c1-11-6-7-13(19-11)8-9-15(18)17-12(2)14-5-3-4-10-16-14/h3-10,12H,1-2H3,(H,17,18)/b9-8+. The van der Waals surface area contributed by atoms with Gasteiger partial charge >= 0.3 is 0 Å². The van der Waals surface area contributed by atoms with Gasteiger partial charge < -0.3 is 9.73 Å². The molecule has 19 heavy (non-hydrogen) atoms. The molecule has 1 unspecified atom stereocenters. The van der Waals surface area contributed by atoms with Gasteiger partial charge in [0.1, 0.15) is 11.5 Å². The third-order valence-corrected chi connectivity index (χ3v) is 2.65. The van der Waals surface area contributed by atoms with E-state index in [1.807, 2.05) is 44.2 Å². The summed E-state index contributed by atoms with van der Waals surface area (Å²) in [4.78, 5) is 15.9. The molecule has 2 rings (SSSR count). The van der Waals surface area contributed by atoms with E-state index in [2.05, 4.69) is 10.3 Å². The molecule has 4 nitrogen and oxygen atoms in total. The van der Waals surface area contributed by atoms with Crippen LogP contribution in [0.2, 0.25) is 0 Å². The molecule has 1 amide bonds. The lowest BCUT2D eigenvalue weighted by Gasteiger charge is -2.11. The maximum Gasteiger partial charge on any atom is 0.244 e. The fraction of sp³-hybridized carbons (Fsp3) is 0.200. The minimum atomic E-state index is -0.174. The van der Waals surface area contributed by atoms with Gasteiger partial charge in [0.05, 0.1) is 11.7 Å². The van der Waals surface area contributed by atoms with Crippen molar-refractivity contribution in [3.05, 3.63) is 59.8 Å². The molecule has 0 fully saturated rings. The van der Waals surface area contributed by atoms with Crippen LogP contribution in [0.25, 0.3) is 6.08 Å². The van der Waals surface area contributed by atoms with Crippen LogP contribution < -0.4 is 5.32 Å². The molecule has 98 valence electrons. The lowest BCUT2D eigenvalue weighted by Crippen LogP contribution is -2.25. The van der Waals surface area contributed by atoms with Crippen LogP contribution in [0.5, 0.6) is 0 Å². The second-order valence-electron chi connectivity index (χ2n) is 4.27. The predicted molar refractivity (Wildman–Crippen MR) is 73.3 cm³/mol. The van der Waals surface area contributed by atoms with Crippen molar-refractivity contribution >= 4 is 12.0 Å². The largest absolute Gasteiger partial charge is 0.462 e. The number of hydrogen-bond donors (Lipinski definition) is 1. The van der Waals surface area contributed by atoms with E-state index < -0.39 is 0 Å². The summed E-state index contributed by atoms with van der Waals surface area (Å²) in [5.74, 6) is 1.31. The molecule has 0 bridgehead atoms. The van der Waals surface area contributed by atoms with Gasteiger partial charge in [-0.2, -0.15) is 0 Å². The van der Waals surface area contributed by atoms with Crippen LogP contribution in [0.3, 0.4) is 0 Å². The van der Waals surface area contributed by atoms with E-state index in [4.69, 9.17) is 4.42 Å². The topological polar surface area (TPSA) is 55.1 Å². The number of aromatic nitrogens is 1. The summed E-state index contributed by atoms with van der Waals surface area (Å²) in [6.07, 6.45) is 4.81. The number of pyridine rings is 1. The molecule has 0 saturated carbocycles. The Labute approximate surface area is 112 Å². The van der Waals surface area contributed by atoms with Crippen LogP contribution in [0, 0.1) is 6.92 Å². The normalized spacial score (nSPS) is 12.5. The predicted octanol–water partition coefficient (Wildman–Crippen LogP) is 2.87. The maximum atomic E-state index is 11.7. The summed E-state index contributed by atoms with van der Waals surface area (Å²) in [6.45, 7) is 3.76. The number of carbonyl (C=O) groups excluding carboxylic acids is 1. The van der Waals surface area contributed by atoms with Crippen molar-refractivity contribution in [2.24, 2.45) is 0 Å². The molecular formula is C15H16N2O2. The Balaban J connectivity index is 1.93. The zero-order chi connectivity index (χ0) is 13.7. The lowest BCUT2D eigenvalue weighted by atomic mass is 10.2. The molecule has 0 radical (unpaired) electrons. The Morgan fingerprint density at radius 2 is 2.21 bits per heavy atom. The van der Waals surface area contributed by atoms with Crippen molar-refractivity contribution in [3.63, 3.8) is 0 Å². The Bertz CT molecular complexity index is 573. The number of nitrogens with zero attached hydrogens (tertiary/aromatic N) is 1. The first-order valence-electron chi connectivity index (χ1n) is 6.11. The number of aryl methyl sites for hydroxylation is 1. The SMILES string of the molecule is Cc1ccc(/C=C/C(=O)NC(C)c2ccccn2)o1. The highest BCUT2D eigenvalue weighted by Gasteiger charge is 2.07. The van der Waals surface area contributed by atoms with Gasteiger partial charge in [0.2, 0.25) is 5.91 Å². The second-order valence-corrected chi connectivity index (χ2v) is 4.27. The second kappa shape index (κ2) is 6.00. The van der Waals surface area contributed by atoms with E-state index in [1.54, 1.807) is 12.3 Å². The van der Waals surface area contributed by atoms with E-state index in [0.29, 0.717) is 5.76 Å². The summed E-state index contributed by atoms with van der Waals surface area (Å²) in [5, 5.41) is 2.84. The number of furan rings is 1. The van der Waals surface area contributed by atoms with E-state index >= 15 is 0 Å². The third kappa shape index (κ3) is 3.81. The Morgan fingerprint density at radius 1 is 1.37 bits per heavy atom. The van der Waals surface area contributed by atoms with Gasteiger partial charge in [-0.1, -0.05) is 6.07 Å². The Morgan fingerprint density at radius 3 is 2.84 bits per heavy atom. The fourth-order valence-electron chi connectivity index (χ4n) is 1.67. The van der Waals surface area contributed by atoms with E-state index in [0.717, 1.165) is 11.5 Å². The molecule has 2 heterocycles. The van der Waals surface area contributed by atoms with Crippen molar-refractivity contribution in [2.75, 3.05) is 0 Å². The van der Waals surface area contributed by atoms with Gasteiger partial charge in [0.25, 0.3) is 0 Å². The quantitative estimate of drug-likeness (QED) is 0.856. The number of amides is 1. The Kier molecular flexibility index (Phi) is 4.13. The molecule has 0 aliphatic carbocycles. The molecule has 0 aliphatic rings. The average Bonchev–Trinajstić information content (AvgIpc) is 2.83. The van der Waals surface area contributed by atoms with E-state index in [-0.39, 0.29) is 11.9 Å². The Hall–Kier alpha value is -2.36. The molecule has 0 aromatic carbocycles. The highest BCUT2D eigenvalue weighted by Crippen LogP contribution is 2.09. The minimum Gasteiger partial charge on any atom is -0.462 e. The van der Waals surface area contributed by atoms with E-state index in [1.165, 1.54) is 6.08 Å². The molecule has 0 saturated heterocycles. The molecule has 1 atom stereocenters. The van der Waals surface area contributed by atoms with Crippen LogP contribution in [-0.2, 0) is 4.79 Å². The van der Waals surface area contributed by atoms with Crippen molar-refractivity contribution in [1.82, 2.24) is 10.3 Å². The molecule has 4 heteroatoms.